The summed E-state index contributed by atoms with van der Waals surface area (Å²) in [6.45, 7) is 4.45. The van der Waals surface area contributed by atoms with Gasteiger partial charge in [-0.25, -0.2) is 0 Å². The van der Waals surface area contributed by atoms with Gasteiger partial charge < -0.3 is 28.8 Å². The molecule has 1 atom stereocenters. The van der Waals surface area contributed by atoms with Gasteiger partial charge in [0.25, 0.3) is 0 Å². The molecule has 1 aliphatic rings. The van der Waals surface area contributed by atoms with Gasteiger partial charge in [-0.3, -0.25) is 4.90 Å². The zero-order valence-corrected chi connectivity index (χ0v) is 20.7. The maximum absolute atomic E-state index is 11.2. The molecule has 0 bridgehead atoms. The molecule has 0 saturated carbocycles. The maximum Gasteiger partial charge on any atom is 0.130 e. The molecule has 0 fully saturated rings. The van der Waals surface area contributed by atoms with E-state index in [1.54, 1.807) is 28.3 Å². The first-order valence-corrected chi connectivity index (χ1v) is 11.6. The number of benzene rings is 3. The Balaban J connectivity index is 1.54. The van der Waals surface area contributed by atoms with Crippen molar-refractivity contribution in [1.82, 2.24) is 4.90 Å². The molecular weight excluding hydrogens is 446 g/mol. The fourth-order valence-corrected chi connectivity index (χ4v) is 4.20. The fourth-order valence-electron chi connectivity index (χ4n) is 4.20. The van der Waals surface area contributed by atoms with Crippen LogP contribution in [0.5, 0.6) is 28.7 Å². The molecule has 35 heavy (non-hydrogen) atoms. The van der Waals surface area contributed by atoms with Crippen LogP contribution in [0.4, 0.5) is 0 Å². The van der Waals surface area contributed by atoms with Crippen LogP contribution in [-0.4, -0.2) is 51.1 Å². The van der Waals surface area contributed by atoms with E-state index in [1.807, 2.05) is 60.7 Å². The highest BCUT2D eigenvalue weighted by Gasteiger charge is 2.27. The maximum atomic E-state index is 11.2. The lowest BCUT2D eigenvalue weighted by atomic mass is 9.94. The zero-order valence-electron chi connectivity index (χ0n) is 20.7. The van der Waals surface area contributed by atoms with E-state index in [2.05, 4.69) is 4.90 Å². The van der Waals surface area contributed by atoms with Gasteiger partial charge in [-0.05, 0) is 36.8 Å². The van der Waals surface area contributed by atoms with Crippen molar-refractivity contribution in [3.8, 4) is 28.7 Å². The van der Waals surface area contributed by atoms with E-state index < -0.39 is 5.60 Å². The monoisotopic (exact) mass is 479 g/mol. The Morgan fingerprint density at radius 3 is 2.29 bits per heavy atom. The minimum Gasteiger partial charge on any atom is -0.496 e. The van der Waals surface area contributed by atoms with E-state index >= 15 is 0 Å². The lowest BCUT2D eigenvalue weighted by Gasteiger charge is -2.26. The molecule has 0 aliphatic carbocycles. The van der Waals surface area contributed by atoms with Crippen molar-refractivity contribution in [3.05, 3.63) is 77.4 Å². The average molecular weight is 480 g/mol. The van der Waals surface area contributed by atoms with Crippen LogP contribution >= 0.6 is 0 Å². The van der Waals surface area contributed by atoms with Crippen molar-refractivity contribution in [2.24, 2.45) is 0 Å². The van der Waals surface area contributed by atoms with Gasteiger partial charge in [-0.2, -0.15) is 0 Å². The summed E-state index contributed by atoms with van der Waals surface area (Å²) in [7, 11) is 4.91. The van der Waals surface area contributed by atoms with Crippen molar-refractivity contribution in [2.75, 3.05) is 41.1 Å². The number of aliphatic hydroxyl groups is 1. The van der Waals surface area contributed by atoms with Crippen LogP contribution in [-0.2, 0) is 18.7 Å². The Kier molecular flexibility index (Phi) is 7.68. The van der Waals surface area contributed by atoms with Crippen LogP contribution in [0.15, 0.2) is 60.7 Å². The van der Waals surface area contributed by atoms with E-state index in [0.717, 1.165) is 34.7 Å². The molecule has 0 saturated heterocycles. The number of ether oxygens (including phenoxy) is 5. The Hall–Kier alpha value is -3.42. The standard InChI is InChI=1S/C28H33NO6/c1-28(30,19-35-22-8-6-5-7-9-22)21-10-11-25-20(14-21)17-29(12-13-34-25)18-24-26(32-3)15-23(31-2)16-27(24)33-4/h5-11,14-16,30H,12-13,17-19H2,1-4H3. The second kappa shape index (κ2) is 10.9. The van der Waals surface area contributed by atoms with Gasteiger partial charge in [-0.15, -0.1) is 0 Å². The van der Waals surface area contributed by atoms with E-state index in [1.165, 1.54) is 0 Å². The van der Waals surface area contributed by atoms with Gasteiger partial charge in [-0.1, -0.05) is 24.3 Å². The lowest BCUT2D eigenvalue weighted by molar-refractivity contribution is 0.00748. The zero-order chi connectivity index (χ0) is 24.8. The molecular formula is C28H33NO6. The molecule has 7 nitrogen and oxygen atoms in total. The molecule has 1 aliphatic heterocycles. The van der Waals surface area contributed by atoms with Crippen molar-refractivity contribution < 1.29 is 28.8 Å². The summed E-state index contributed by atoms with van der Waals surface area (Å²) >= 11 is 0. The summed E-state index contributed by atoms with van der Waals surface area (Å²) in [5.41, 5.74) is 1.56. The van der Waals surface area contributed by atoms with E-state index in [9.17, 15) is 5.11 Å². The summed E-state index contributed by atoms with van der Waals surface area (Å²) < 4.78 is 28.5. The third kappa shape index (κ3) is 5.81. The third-order valence-electron chi connectivity index (χ3n) is 6.20. The van der Waals surface area contributed by atoms with Crippen molar-refractivity contribution in [3.63, 3.8) is 0 Å². The van der Waals surface area contributed by atoms with Crippen molar-refractivity contribution in [1.29, 1.82) is 0 Å². The molecule has 0 radical (unpaired) electrons. The Bertz CT molecular complexity index is 1110. The number of nitrogens with zero attached hydrogens (tertiary/aromatic N) is 1. The minimum absolute atomic E-state index is 0.140. The summed E-state index contributed by atoms with van der Waals surface area (Å²) in [6.07, 6.45) is 0. The normalized spacial score (nSPS) is 15.2. The van der Waals surface area contributed by atoms with E-state index in [-0.39, 0.29) is 6.61 Å². The van der Waals surface area contributed by atoms with E-state index in [0.29, 0.717) is 36.9 Å². The molecule has 3 aromatic carbocycles. The summed E-state index contributed by atoms with van der Waals surface area (Å²) in [5.74, 6) is 3.64. The van der Waals surface area contributed by atoms with Gasteiger partial charge >= 0.3 is 0 Å². The van der Waals surface area contributed by atoms with Crippen molar-refractivity contribution in [2.45, 2.75) is 25.6 Å². The predicted molar refractivity (Wildman–Crippen MR) is 134 cm³/mol. The van der Waals surface area contributed by atoms with E-state index in [4.69, 9.17) is 23.7 Å². The first kappa shape index (κ1) is 24.7. The van der Waals surface area contributed by atoms with Gasteiger partial charge in [0.15, 0.2) is 0 Å². The van der Waals surface area contributed by atoms with Gasteiger partial charge in [0.05, 0.1) is 26.9 Å². The molecule has 1 unspecified atom stereocenters. The first-order valence-electron chi connectivity index (χ1n) is 11.6. The largest absolute Gasteiger partial charge is 0.496 e. The minimum atomic E-state index is -1.16. The highest BCUT2D eigenvalue weighted by atomic mass is 16.5. The smallest absolute Gasteiger partial charge is 0.130 e. The first-order chi connectivity index (χ1) is 16.9. The van der Waals surface area contributed by atoms with Gasteiger partial charge in [0, 0.05) is 37.3 Å². The highest BCUT2D eigenvalue weighted by molar-refractivity contribution is 5.51. The number of hydrogen-bond donors (Lipinski definition) is 1. The topological polar surface area (TPSA) is 69.6 Å². The molecule has 0 amide bonds. The molecule has 3 aromatic rings. The Morgan fingerprint density at radius 2 is 1.63 bits per heavy atom. The summed E-state index contributed by atoms with van der Waals surface area (Å²) in [6, 6.07) is 19.1. The SMILES string of the molecule is COc1cc(OC)c(CN2CCOc3ccc(C(C)(O)COc4ccccc4)cc3C2)c(OC)c1. The second-order valence-electron chi connectivity index (χ2n) is 8.77. The molecule has 1 heterocycles. The number of fused-ring (bicyclic) bond motifs is 1. The Labute approximate surface area is 206 Å². The third-order valence-corrected chi connectivity index (χ3v) is 6.20. The average Bonchev–Trinajstić information content (AvgIpc) is 3.09. The molecule has 0 aromatic heterocycles. The second-order valence-corrected chi connectivity index (χ2v) is 8.77. The lowest BCUT2D eigenvalue weighted by Crippen LogP contribution is -2.30. The number of para-hydroxylation sites is 1. The molecule has 4 rings (SSSR count). The number of methoxy groups -OCH3 is 3. The van der Waals surface area contributed by atoms with Crippen LogP contribution in [0, 0.1) is 0 Å². The molecule has 0 spiro atoms. The number of rotatable bonds is 9. The van der Waals surface area contributed by atoms with Crippen LogP contribution < -0.4 is 23.7 Å². The predicted octanol–water partition coefficient (Wildman–Crippen LogP) is 4.39. The number of hydrogen-bond acceptors (Lipinski definition) is 7. The van der Waals surface area contributed by atoms with Crippen molar-refractivity contribution >= 4 is 0 Å². The fraction of sp³-hybridized carbons (Fsp3) is 0.357. The highest BCUT2D eigenvalue weighted by Crippen LogP contribution is 2.36. The molecule has 1 N–H and O–H groups in total. The van der Waals surface area contributed by atoms with Gasteiger partial charge in [0.2, 0.25) is 0 Å². The van der Waals surface area contributed by atoms with Crippen LogP contribution in [0.3, 0.4) is 0 Å². The van der Waals surface area contributed by atoms with Crippen LogP contribution in [0.25, 0.3) is 0 Å². The molecule has 7 heteroatoms. The summed E-state index contributed by atoms with van der Waals surface area (Å²) in [4.78, 5) is 2.28. The Morgan fingerprint density at radius 1 is 0.914 bits per heavy atom. The van der Waals surface area contributed by atoms with Crippen LogP contribution in [0.2, 0.25) is 0 Å². The molecule has 186 valence electrons. The quantitative estimate of drug-likeness (QED) is 0.488. The van der Waals surface area contributed by atoms with Crippen LogP contribution in [0.1, 0.15) is 23.6 Å². The van der Waals surface area contributed by atoms with Gasteiger partial charge in [0.1, 0.15) is 47.6 Å². The summed E-state index contributed by atoms with van der Waals surface area (Å²) in [5, 5.41) is 11.2.